The molecule has 0 aromatic heterocycles. The number of carbonyl (C=O) groups is 1. The van der Waals surface area contributed by atoms with Crippen LogP contribution in [0.5, 0.6) is 0 Å². The largest absolute Gasteiger partial charge is 0.478 e. The second-order valence-electron chi connectivity index (χ2n) is 5.49. The van der Waals surface area contributed by atoms with Crippen LogP contribution in [0.1, 0.15) is 35.2 Å². The summed E-state index contributed by atoms with van der Waals surface area (Å²) in [6, 6.07) is 5.79. The van der Waals surface area contributed by atoms with E-state index in [1.54, 1.807) is 12.1 Å². The lowest BCUT2D eigenvalue weighted by Gasteiger charge is -2.37. The van der Waals surface area contributed by atoms with Crippen LogP contribution in [-0.4, -0.2) is 41.3 Å². The number of nitrogens with zero attached hydrogens (tertiary/aromatic N) is 1. The third-order valence-corrected chi connectivity index (χ3v) is 5.01. The molecule has 1 heterocycles. The lowest BCUT2D eigenvalue weighted by molar-refractivity contribution is -0.0588. The third kappa shape index (κ3) is 2.75. The van der Waals surface area contributed by atoms with E-state index in [0.29, 0.717) is 17.7 Å². The number of rotatable bonds is 3. The van der Waals surface area contributed by atoms with Crippen LogP contribution in [0.2, 0.25) is 0 Å². The van der Waals surface area contributed by atoms with E-state index in [2.05, 4.69) is 20.8 Å². The average Bonchev–Trinajstić information content (AvgIpc) is 2.90. The van der Waals surface area contributed by atoms with Gasteiger partial charge < -0.3 is 9.84 Å². The van der Waals surface area contributed by atoms with E-state index in [1.807, 2.05) is 6.07 Å². The molecule has 2 atom stereocenters. The minimum atomic E-state index is -0.889. The highest BCUT2D eigenvalue weighted by Crippen LogP contribution is 2.31. The molecule has 1 saturated carbocycles. The fourth-order valence-corrected chi connectivity index (χ4v) is 3.73. The quantitative estimate of drug-likeness (QED) is 0.919. The fraction of sp³-hybridized carbons (Fsp3) is 0.533. The van der Waals surface area contributed by atoms with Crippen molar-refractivity contribution in [1.82, 2.24) is 4.90 Å². The summed E-state index contributed by atoms with van der Waals surface area (Å²) in [7, 11) is 0. The third-order valence-electron chi connectivity index (χ3n) is 4.27. The zero-order valence-electron chi connectivity index (χ0n) is 11.2. The Hall–Kier alpha value is -0.910. The number of hydrogen-bond acceptors (Lipinski definition) is 3. The fourth-order valence-electron chi connectivity index (χ4n) is 3.23. The molecule has 1 aromatic rings. The van der Waals surface area contributed by atoms with Crippen molar-refractivity contribution in [3.8, 4) is 0 Å². The summed E-state index contributed by atoms with van der Waals surface area (Å²) in [6.07, 6.45) is 4.00. The molecule has 2 unspecified atom stereocenters. The first-order valence-corrected chi connectivity index (χ1v) is 7.82. The van der Waals surface area contributed by atoms with Gasteiger partial charge in [-0.25, -0.2) is 4.79 Å². The molecule has 5 heteroatoms. The van der Waals surface area contributed by atoms with E-state index in [0.717, 1.165) is 29.7 Å². The summed E-state index contributed by atoms with van der Waals surface area (Å²) in [5.41, 5.74) is 1.46. The van der Waals surface area contributed by atoms with Gasteiger partial charge in [0, 0.05) is 23.6 Å². The maximum Gasteiger partial charge on any atom is 0.335 e. The van der Waals surface area contributed by atoms with E-state index in [-0.39, 0.29) is 0 Å². The Morgan fingerprint density at radius 1 is 1.45 bits per heavy atom. The number of morpholine rings is 1. The molecule has 1 aromatic carbocycles. The van der Waals surface area contributed by atoms with Gasteiger partial charge >= 0.3 is 5.97 Å². The minimum absolute atomic E-state index is 0.321. The molecule has 108 valence electrons. The molecule has 0 amide bonds. The molecule has 4 nitrogen and oxygen atoms in total. The van der Waals surface area contributed by atoms with Crippen molar-refractivity contribution >= 4 is 21.9 Å². The van der Waals surface area contributed by atoms with Gasteiger partial charge in [-0.05, 0) is 37.0 Å². The summed E-state index contributed by atoms with van der Waals surface area (Å²) in [4.78, 5) is 13.4. The Labute approximate surface area is 126 Å². The second-order valence-corrected chi connectivity index (χ2v) is 6.34. The van der Waals surface area contributed by atoms with Crippen molar-refractivity contribution in [2.75, 3.05) is 13.2 Å². The topological polar surface area (TPSA) is 49.8 Å². The molecule has 1 aliphatic heterocycles. The van der Waals surface area contributed by atoms with Gasteiger partial charge in [0.05, 0.1) is 18.3 Å². The van der Waals surface area contributed by atoms with Crippen LogP contribution in [-0.2, 0) is 11.3 Å². The maximum atomic E-state index is 11.0. The number of benzene rings is 1. The normalized spacial score (nSPS) is 26.4. The van der Waals surface area contributed by atoms with Gasteiger partial charge in [-0.2, -0.15) is 0 Å². The van der Waals surface area contributed by atoms with Gasteiger partial charge in [-0.1, -0.05) is 22.0 Å². The first-order chi connectivity index (χ1) is 9.65. The van der Waals surface area contributed by atoms with Crippen molar-refractivity contribution in [2.24, 2.45) is 0 Å². The number of aromatic carboxylic acids is 1. The Morgan fingerprint density at radius 2 is 2.30 bits per heavy atom. The summed E-state index contributed by atoms with van der Waals surface area (Å²) < 4.78 is 6.69. The van der Waals surface area contributed by atoms with Gasteiger partial charge in [-0.3, -0.25) is 4.90 Å². The van der Waals surface area contributed by atoms with E-state index >= 15 is 0 Å². The smallest absolute Gasteiger partial charge is 0.335 e. The Kier molecular flexibility index (Phi) is 4.10. The van der Waals surface area contributed by atoms with E-state index in [4.69, 9.17) is 9.84 Å². The highest BCUT2D eigenvalue weighted by molar-refractivity contribution is 9.10. The van der Waals surface area contributed by atoms with Gasteiger partial charge in [0.1, 0.15) is 0 Å². The predicted octanol–water partition coefficient (Wildman–Crippen LogP) is 2.90. The highest BCUT2D eigenvalue weighted by atomic mass is 79.9. The molecule has 0 radical (unpaired) electrons. The summed E-state index contributed by atoms with van der Waals surface area (Å²) in [5.74, 6) is -0.889. The highest BCUT2D eigenvalue weighted by Gasteiger charge is 2.35. The number of halogens is 1. The van der Waals surface area contributed by atoms with Crippen molar-refractivity contribution in [3.63, 3.8) is 0 Å². The number of carboxylic acids is 1. The van der Waals surface area contributed by atoms with Crippen LogP contribution in [0.4, 0.5) is 0 Å². The van der Waals surface area contributed by atoms with Crippen molar-refractivity contribution in [1.29, 1.82) is 0 Å². The molecule has 0 spiro atoms. The molecule has 1 N–H and O–H groups in total. The van der Waals surface area contributed by atoms with E-state index in [9.17, 15) is 4.79 Å². The van der Waals surface area contributed by atoms with Crippen LogP contribution in [0.15, 0.2) is 22.7 Å². The maximum absolute atomic E-state index is 11.0. The first-order valence-electron chi connectivity index (χ1n) is 7.02. The van der Waals surface area contributed by atoms with Gasteiger partial charge in [-0.15, -0.1) is 0 Å². The SMILES string of the molecule is O=C(O)c1ccc(CN2CCOC3CCCC32)c(Br)c1. The summed E-state index contributed by atoms with van der Waals surface area (Å²) in [5, 5.41) is 9.00. The van der Waals surface area contributed by atoms with Crippen LogP contribution in [0, 0.1) is 0 Å². The first kappa shape index (κ1) is 14.0. The van der Waals surface area contributed by atoms with Crippen LogP contribution in [0.3, 0.4) is 0 Å². The predicted molar refractivity (Wildman–Crippen MR) is 78.9 cm³/mol. The second kappa shape index (κ2) is 5.84. The van der Waals surface area contributed by atoms with Gasteiger partial charge in [0.15, 0.2) is 0 Å². The van der Waals surface area contributed by atoms with Crippen molar-refractivity contribution in [2.45, 2.75) is 38.0 Å². The molecular weight excluding hydrogens is 322 g/mol. The lowest BCUT2D eigenvalue weighted by Crippen LogP contribution is -2.47. The monoisotopic (exact) mass is 339 g/mol. The summed E-state index contributed by atoms with van der Waals surface area (Å²) >= 11 is 3.49. The Morgan fingerprint density at radius 3 is 3.05 bits per heavy atom. The number of fused-ring (bicyclic) bond motifs is 1. The molecule has 0 bridgehead atoms. The molecule has 1 saturated heterocycles. The average molecular weight is 340 g/mol. The van der Waals surface area contributed by atoms with Gasteiger partial charge in [0.25, 0.3) is 0 Å². The molecule has 20 heavy (non-hydrogen) atoms. The van der Waals surface area contributed by atoms with E-state index in [1.165, 1.54) is 19.3 Å². The number of carboxylic acid groups (broad SMARTS) is 1. The number of ether oxygens (including phenoxy) is 1. The van der Waals surface area contributed by atoms with Crippen LogP contribution < -0.4 is 0 Å². The standard InChI is InChI=1S/C15H18BrNO3/c16-12-8-10(15(18)19)4-5-11(12)9-17-6-7-20-14-3-1-2-13(14)17/h4-5,8,13-14H,1-3,6-7,9H2,(H,18,19). The van der Waals surface area contributed by atoms with Gasteiger partial charge in [0.2, 0.25) is 0 Å². The molecule has 1 aliphatic carbocycles. The Bertz CT molecular complexity index is 520. The van der Waals surface area contributed by atoms with E-state index < -0.39 is 5.97 Å². The number of hydrogen-bond donors (Lipinski definition) is 1. The lowest BCUT2D eigenvalue weighted by atomic mass is 10.1. The van der Waals surface area contributed by atoms with Crippen molar-refractivity contribution in [3.05, 3.63) is 33.8 Å². The zero-order chi connectivity index (χ0) is 14.1. The molecule has 2 fully saturated rings. The molecule has 2 aliphatic rings. The van der Waals surface area contributed by atoms with Crippen molar-refractivity contribution < 1.29 is 14.6 Å². The summed E-state index contributed by atoms with van der Waals surface area (Å²) in [6.45, 7) is 2.60. The molecule has 3 rings (SSSR count). The van der Waals surface area contributed by atoms with Crippen LogP contribution in [0.25, 0.3) is 0 Å². The zero-order valence-corrected chi connectivity index (χ0v) is 12.8. The van der Waals surface area contributed by atoms with Crippen LogP contribution >= 0.6 is 15.9 Å². The molecular formula is C15H18BrNO3. The minimum Gasteiger partial charge on any atom is -0.478 e. The Balaban J connectivity index is 1.75.